The third-order valence-electron chi connectivity index (χ3n) is 4.77. The van der Waals surface area contributed by atoms with Crippen molar-refractivity contribution in [2.75, 3.05) is 11.1 Å². The highest BCUT2D eigenvalue weighted by atomic mass is 32.2. The lowest BCUT2D eigenvalue weighted by Crippen LogP contribution is -2.22. The van der Waals surface area contributed by atoms with Crippen LogP contribution in [0.4, 0.5) is 5.69 Å². The monoisotopic (exact) mass is 427 g/mol. The maximum absolute atomic E-state index is 13.4. The topological polar surface area (TPSA) is 77.1 Å². The predicted molar refractivity (Wildman–Crippen MR) is 123 cm³/mol. The molecule has 31 heavy (non-hydrogen) atoms. The summed E-state index contributed by atoms with van der Waals surface area (Å²) in [6.45, 7) is 0. The van der Waals surface area contributed by atoms with Gasteiger partial charge in [0.1, 0.15) is 11.1 Å². The smallest absolute Gasteiger partial charge is 0.302 e. The summed E-state index contributed by atoms with van der Waals surface area (Å²) in [7, 11) is 0. The van der Waals surface area contributed by atoms with Crippen molar-refractivity contribution in [1.29, 1.82) is 0 Å². The van der Waals surface area contributed by atoms with Gasteiger partial charge in [-0.2, -0.15) is 0 Å². The van der Waals surface area contributed by atoms with Gasteiger partial charge >= 0.3 is 5.56 Å². The van der Waals surface area contributed by atoms with Gasteiger partial charge in [-0.3, -0.25) is 14.2 Å². The van der Waals surface area contributed by atoms with Crippen molar-refractivity contribution in [3.05, 3.63) is 95.3 Å². The highest BCUT2D eigenvalue weighted by Crippen LogP contribution is 2.28. The van der Waals surface area contributed by atoms with Crippen molar-refractivity contribution in [3.8, 4) is 5.69 Å². The van der Waals surface area contributed by atoms with E-state index in [4.69, 9.17) is 9.40 Å². The van der Waals surface area contributed by atoms with E-state index in [0.29, 0.717) is 21.9 Å². The van der Waals surface area contributed by atoms with Crippen LogP contribution in [0.1, 0.15) is 0 Å². The number of amides is 1. The molecule has 0 radical (unpaired) electrons. The van der Waals surface area contributed by atoms with Gasteiger partial charge in [-0.15, -0.1) is 0 Å². The first kappa shape index (κ1) is 19.1. The molecule has 1 N–H and O–H groups in total. The zero-order valence-electron chi connectivity index (χ0n) is 16.3. The van der Waals surface area contributed by atoms with Crippen LogP contribution < -0.4 is 10.9 Å². The first-order valence-electron chi connectivity index (χ1n) is 9.68. The Bertz CT molecular complexity index is 1440. The number of benzene rings is 3. The number of furan rings is 1. The Morgan fingerprint density at radius 1 is 0.935 bits per heavy atom. The highest BCUT2D eigenvalue weighted by Gasteiger charge is 2.19. The van der Waals surface area contributed by atoms with E-state index in [2.05, 4.69) is 5.32 Å². The number of fused-ring (bicyclic) bond motifs is 3. The summed E-state index contributed by atoms with van der Waals surface area (Å²) >= 11 is 1.21. The molecule has 5 aromatic rings. The number of carbonyl (C=O) groups excluding carboxylic acids is 1. The molecule has 0 bridgehead atoms. The number of thioether (sulfide) groups is 1. The fraction of sp³-hybridized carbons (Fsp3) is 0.0417. The number of para-hydroxylation sites is 3. The van der Waals surface area contributed by atoms with Gasteiger partial charge < -0.3 is 9.73 Å². The molecule has 0 aliphatic rings. The average molecular weight is 427 g/mol. The second-order valence-corrected chi connectivity index (χ2v) is 7.79. The molecule has 2 heterocycles. The van der Waals surface area contributed by atoms with Gasteiger partial charge in [-0.25, -0.2) is 4.98 Å². The molecule has 0 aliphatic carbocycles. The SMILES string of the molecule is O=C(CSc1nc2c(oc3ccccc32)c(=O)n1-c1ccccc1)Nc1ccccc1. The molecule has 6 nitrogen and oxygen atoms in total. The van der Waals surface area contributed by atoms with Crippen LogP contribution in [0.25, 0.3) is 27.8 Å². The van der Waals surface area contributed by atoms with Crippen LogP contribution in [0.2, 0.25) is 0 Å². The summed E-state index contributed by atoms with van der Waals surface area (Å²) < 4.78 is 7.31. The molecule has 0 fully saturated rings. The molecule has 1 amide bonds. The van der Waals surface area contributed by atoms with Crippen LogP contribution in [0, 0.1) is 0 Å². The van der Waals surface area contributed by atoms with E-state index in [1.807, 2.05) is 84.9 Å². The second-order valence-electron chi connectivity index (χ2n) is 6.85. The van der Waals surface area contributed by atoms with E-state index < -0.39 is 0 Å². The minimum atomic E-state index is -0.307. The van der Waals surface area contributed by atoms with E-state index in [0.717, 1.165) is 11.1 Å². The predicted octanol–water partition coefficient (Wildman–Crippen LogP) is 4.86. The maximum atomic E-state index is 13.4. The third-order valence-corrected chi connectivity index (χ3v) is 5.71. The van der Waals surface area contributed by atoms with Crippen LogP contribution >= 0.6 is 11.8 Å². The molecule has 2 aromatic heterocycles. The number of rotatable bonds is 5. The summed E-state index contributed by atoms with van der Waals surface area (Å²) in [5.74, 6) is -0.0719. The van der Waals surface area contributed by atoms with Crippen molar-refractivity contribution < 1.29 is 9.21 Å². The molecular weight excluding hydrogens is 410 g/mol. The van der Waals surface area contributed by atoms with Crippen molar-refractivity contribution in [2.24, 2.45) is 0 Å². The Balaban J connectivity index is 1.57. The summed E-state index contributed by atoms with van der Waals surface area (Å²) in [4.78, 5) is 30.6. The fourth-order valence-corrected chi connectivity index (χ4v) is 4.18. The third kappa shape index (κ3) is 3.71. The van der Waals surface area contributed by atoms with Gasteiger partial charge in [0.25, 0.3) is 0 Å². The second kappa shape index (κ2) is 8.12. The normalized spacial score (nSPS) is 11.1. The van der Waals surface area contributed by atoms with Crippen LogP contribution in [0.3, 0.4) is 0 Å². The standard InChI is InChI=1S/C24H17N3O3S/c28-20(25-16-9-3-1-4-10-16)15-31-24-26-21-18-13-7-8-14-19(18)30-22(21)23(29)27(24)17-11-5-2-6-12-17/h1-14H,15H2,(H,25,28). The number of hydrogen-bond donors (Lipinski definition) is 1. The van der Waals surface area contributed by atoms with E-state index in [1.165, 1.54) is 16.3 Å². The molecule has 0 saturated heterocycles. The molecule has 0 spiro atoms. The molecule has 0 saturated carbocycles. The molecule has 152 valence electrons. The Hall–Kier alpha value is -3.84. The lowest BCUT2D eigenvalue weighted by molar-refractivity contribution is -0.113. The number of nitrogens with zero attached hydrogens (tertiary/aromatic N) is 2. The zero-order chi connectivity index (χ0) is 21.2. The summed E-state index contributed by atoms with van der Waals surface area (Å²) in [5.41, 5.74) is 2.37. The Morgan fingerprint density at radius 3 is 2.39 bits per heavy atom. The molecule has 0 atom stereocenters. The fourth-order valence-electron chi connectivity index (χ4n) is 3.37. The first-order chi connectivity index (χ1) is 15.2. The summed E-state index contributed by atoms with van der Waals surface area (Å²) in [5, 5.41) is 4.05. The minimum absolute atomic E-state index is 0.107. The highest BCUT2D eigenvalue weighted by molar-refractivity contribution is 7.99. The number of anilines is 1. The van der Waals surface area contributed by atoms with Gasteiger partial charge in [-0.05, 0) is 36.4 Å². The summed E-state index contributed by atoms with van der Waals surface area (Å²) in [6.07, 6.45) is 0. The minimum Gasteiger partial charge on any atom is -0.448 e. The van der Waals surface area contributed by atoms with Gasteiger partial charge in [-0.1, -0.05) is 60.3 Å². The van der Waals surface area contributed by atoms with Gasteiger partial charge in [0, 0.05) is 11.1 Å². The van der Waals surface area contributed by atoms with Gasteiger partial charge in [0.05, 0.1) is 11.4 Å². The molecule has 5 rings (SSSR count). The van der Waals surface area contributed by atoms with E-state index in [-0.39, 0.29) is 22.8 Å². The van der Waals surface area contributed by atoms with Gasteiger partial charge in [0.2, 0.25) is 11.5 Å². The largest absolute Gasteiger partial charge is 0.448 e. The van der Waals surface area contributed by atoms with Crippen LogP contribution in [-0.2, 0) is 4.79 Å². The van der Waals surface area contributed by atoms with E-state index >= 15 is 0 Å². The van der Waals surface area contributed by atoms with Crippen molar-refractivity contribution in [1.82, 2.24) is 9.55 Å². The Morgan fingerprint density at radius 2 is 1.61 bits per heavy atom. The number of nitrogens with one attached hydrogen (secondary N) is 1. The van der Waals surface area contributed by atoms with Crippen LogP contribution in [0.5, 0.6) is 0 Å². The lowest BCUT2D eigenvalue weighted by Gasteiger charge is -2.11. The zero-order valence-corrected chi connectivity index (χ0v) is 17.1. The van der Waals surface area contributed by atoms with Crippen LogP contribution in [0.15, 0.2) is 99.3 Å². The molecule has 3 aromatic carbocycles. The maximum Gasteiger partial charge on any atom is 0.302 e. The van der Waals surface area contributed by atoms with Crippen molar-refractivity contribution in [3.63, 3.8) is 0 Å². The van der Waals surface area contributed by atoms with E-state index in [9.17, 15) is 9.59 Å². The van der Waals surface area contributed by atoms with Gasteiger partial charge in [0.15, 0.2) is 5.16 Å². The number of carbonyl (C=O) groups is 1. The molecular formula is C24H17N3O3S. The Kier molecular flexibility index (Phi) is 5.01. The van der Waals surface area contributed by atoms with Crippen molar-refractivity contribution in [2.45, 2.75) is 5.16 Å². The first-order valence-corrected chi connectivity index (χ1v) is 10.7. The molecule has 0 unspecified atom stereocenters. The molecule has 7 heteroatoms. The average Bonchev–Trinajstić information content (AvgIpc) is 3.18. The van der Waals surface area contributed by atoms with Crippen molar-refractivity contribution >= 4 is 45.4 Å². The van der Waals surface area contributed by atoms with E-state index in [1.54, 1.807) is 0 Å². The quantitative estimate of drug-likeness (QED) is 0.320. The Labute approximate surface area is 181 Å². The summed E-state index contributed by atoms with van der Waals surface area (Å²) in [6, 6.07) is 25.9. The number of hydrogen-bond acceptors (Lipinski definition) is 5. The lowest BCUT2D eigenvalue weighted by atomic mass is 10.2. The molecule has 0 aliphatic heterocycles. The number of aromatic nitrogens is 2. The van der Waals surface area contributed by atoms with Crippen LogP contribution in [-0.4, -0.2) is 21.2 Å².